The minimum atomic E-state index is -0.568. The summed E-state index contributed by atoms with van der Waals surface area (Å²) in [5.41, 5.74) is 11.3. The molecule has 14 heavy (non-hydrogen) atoms. The van der Waals surface area contributed by atoms with Crippen LogP contribution in [0.1, 0.15) is 39.5 Å². The Morgan fingerprint density at radius 2 is 2.00 bits per heavy atom. The van der Waals surface area contributed by atoms with E-state index in [1.165, 1.54) is 0 Å². The summed E-state index contributed by atoms with van der Waals surface area (Å²) in [5.74, 6) is -0.331. The van der Waals surface area contributed by atoms with E-state index in [-0.39, 0.29) is 12.0 Å². The molecule has 0 saturated carbocycles. The molecule has 0 saturated heterocycles. The fraction of sp³-hybridized carbons (Fsp3) is 0.900. The summed E-state index contributed by atoms with van der Waals surface area (Å²) in [6, 6.07) is -0.578. The van der Waals surface area contributed by atoms with Crippen LogP contribution in [0.25, 0.3) is 0 Å². The van der Waals surface area contributed by atoms with E-state index in [9.17, 15) is 4.79 Å². The molecule has 0 heterocycles. The van der Waals surface area contributed by atoms with Gasteiger partial charge in [0.05, 0.1) is 6.61 Å². The van der Waals surface area contributed by atoms with Crippen molar-refractivity contribution in [2.24, 2.45) is 11.5 Å². The predicted octanol–water partition coefficient (Wildman–Crippen LogP) is 0.784. The second-order valence-corrected chi connectivity index (χ2v) is 3.53. The van der Waals surface area contributed by atoms with Gasteiger partial charge in [-0.1, -0.05) is 20.3 Å². The van der Waals surface area contributed by atoms with E-state index in [1.807, 2.05) is 13.8 Å². The number of nitrogens with two attached hydrogens (primary N) is 2. The number of hydrogen-bond donors (Lipinski definition) is 2. The van der Waals surface area contributed by atoms with E-state index in [1.54, 1.807) is 0 Å². The molecular weight excluding hydrogens is 180 g/mol. The van der Waals surface area contributed by atoms with Crippen LogP contribution in [-0.2, 0) is 9.53 Å². The first kappa shape index (κ1) is 13.4. The van der Waals surface area contributed by atoms with Gasteiger partial charge in [-0.15, -0.1) is 0 Å². The zero-order chi connectivity index (χ0) is 11.0. The lowest BCUT2D eigenvalue weighted by molar-refractivity contribution is -0.145. The third-order valence-electron chi connectivity index (χ3n) is 2.13. The first-order valence-electron chi connectivity index (χ1n) is 5.29. The van der Waals surface area contributed by atoms with E-state index < -0.39 is 6.04 Å². The van der Waals surface area contributed by atoms with Crippen molar-refractivity contribution in [3.05, 3.63) is 0 Å². The van der Waals surface area contributed by atoms with Gasteiger partial charge in [-0.05, 0) is 19.3 Å². The second-order valence-electron chi connectivity index (χ2n) is 3.53. The molecule has 0 radical (unpaired) electrons. The molecule has 0 aromatic carbocycles. The van der Waals surface area contributed by atoms with Crippen molar-refractivity contribution in [1.29, 1.82) is 0 Å². The van der Waals surface area contributed by atoms with Crippen LogP contribution in [0, 0.1) is 0 Å². The molecule has 0 amide bonds. The molecule has 4 nitrogen and oxygen atoms in total. The van der Waals surface area contributed by atoms with Crippen LogP contribution < -0.4 is 11.5 Å². The first-order chi connectivity index (χ1) is 6.61. The van der Waals surface area contributed by atoms with E-state index in [0.717, 1.165) is 19.3 Å². The average Bonchev–Trinajstić information content (AvgIpc) is 2.17. The highest BCUT2D eigenvalue weighted by Gasteiger charge is 2.17. The van der Waals surface area contributed by atoms with Gasteiger partial charge in [0.1, 0.15) is 6.04 Å². The summed E-state index contributed by atoms with van der Waals surface area (Å²) < 4.78 is 4.97. The maximum atomic E-state index is 11.3. The Morgan fingerprint density at radius 1 is 1.36 bits per heavy atom. The maximum absolute atomic E-state index is 11.3. The number of ether oxygens (including phenoxy) is 1. The highest BCUT2D eigenvalue weighted by Crippen LogP contribution is 2.00. The Bertz CT molecular complexity index is 162. The molecule has 0 aromatic rings. The summed E-state index contributed by atoms with van der Waals surface area (Å²) in [6.45, 7) is 4.48. The van der Waals surface area contributed by atoms with Gasteiger partial charge in [-0.2, -0.15) is 0 Å². The Labute approximate surface area is 86.0 Å². The monoisotopic (exact) mass is 202 g/mol. The van der Waals surface area contributed by atoms with Gasteiger partial charge in [-0.3, -0.25) is 4.79 Å². The lowest BCUT2D eigenvalue weighted by Crippen LogP contribution is -2.38. The minimum Gasteiger partial charge on any atom is -0.465 e. The molecule has 4 heteroatoms. The number of esters is 1. The van der Waals surface area contributed by atoms with Gasteiger partial charge >= 0.3 is 5.97 Å². The van der Waals surface area contributed by atoms with Crippen molar-refractivity contribution in [3.63, 3.8) is 0 Å². The van der Waals surface area contributed by atoms with Crippen LogP contribution in [0.4, 0.5) is 0 Å². The number of rotatable bonds is 7. The molecule has 2 unspecified atom stereocenters. The van der Waals surface area contributed by atoms with Crippen molar-refractivity contribution in [3.8, 4) is 0 Å². The summed E-state index contributed by atoms with van der Waals surface area (Å²) in [5, 5.41) is 0. The Hall–Kier alpha value is -0.610. The van der Waals surface area contributed by atoms with Crippen molar-refractivity contribution < 1.29 is 9.53 Å². The number of carbonyl (C=O) groups is 1. The smallest absolute Gasteiger partial charge is 0.322 e. The maximum Gasteiger partial charge on any atom is 0.322 e. The largest absolute Gasteiger partial charge is 0.465 e. The number of unbranched alkanes of at least 4 members (excludes halogenated alkanes) is 1. The number of carbonyl (C=O) groups excluding carboxylic acids is 1. The highest BCUT2D eigenvalue weighted by molar-refractivity contribution is 5.75. The van der Waals surface area contributed by atoms with Gasteiger partial charge in [0.25, 0.3) is 0 Å². The van der Waals surface area contributed by atoms with Crippen molar-refractivity contribution >= 4 is 5.97 Å². The molecule has 2 atom stereocenters. The third kappa shape index (κ3) is 5.94. The molecule has 0 spiro atoms. The van der Waals surface area contributed by atoms with Crippen LogP contribution in [0.5, 0.6) is 0 Å². The lowest BCUT2D eigenvalue weighted by atomic mass is 10.1. The predicted molar refractivity (Wildman–Crippen MR) is 56.7 cm³/mol. The van der Waals surface area contributed by atoms with Crippen LogP contribution in [0.15, 0.2) is 0 Å². The molecule has 0 aromatic heterocycles. The Kier molecular flexibility index (Phi) is 7.42. The average molecular weight is 202 g/mol. The Balaban J connectivity index is 3.64. The molecule has 4 N–H and O–H groups in total. The zero-order valence-corrected chi connectivity index (χ0v) is 9.16. The van der Waals surface area contributed by atoms with Crippen molar-refractivity contribution in [2.45, 2.75) is 51.6 Å². The van der Waals surface area contributed by atoms with Crippen molar-refractivity contribution in [2.75, 3.05) is 6.61 Å². The molecule has 0 aliphatic heterocycles. The fourth-order valence-electron chi connectivity index (χ4n) is 1.01. The standard InChI is InChI=1S/C10H22N2O2/c1-3-5-6-14-10(13)9(12)7-8(11)4-2/h8-9H,3-7,11-12H2,1-2H3. The van der Waals surface area contributed by atoms with Gasteiger partial charge in [0.15, 0.2) is 0 Å². The van der Waals surface area contributed by atoms with Crippen LogP contribution >= 0.6 is 0 Å². The van der Waals surface area contributed by atoms with Gasteiger partial charge < -0.3 is 16.2 Å². The van der Waals surface area contributed by atoms with Crippen LogP contribution in [0.3, 0.4) is 0 Å². The second kappa shape index (κ2) is 7.76. The molecule has 0 bridgehead atoms. The van der Waals surface area contributed by atoms with Gasteiger partial charge in [0.2, 0.25) is 0 Å². The third-order valence-corrected chi connectivity index (χ3v) is 2.13. The van der Waals surface area contributed by atoms with Crippen LogP contribution in [0.2, 0.25) is 0 Å². The molecule has 0 rings (SSSR count). The number of hydrogen-bond acceptors (Lipinski definition) is 4. The lowest BCUT2D eigenvalue weighted by Gasteiger charge is -2.14. The molecule has 84 valence electrons. The SMILES string of the molecule is CCCCOC(=O)C(N)CC(N)CC. The molecule has 0 aliphatic carbocycles. The van der Waals surface area contributed by atoms with E-state index in [2.05, 4.69) is 0 Å². The molecule has 0 aliphatic rings. The van der Waals surface area contributed by atoms with Gasteiger partial charge in [-0.25, -0.2) is 0 Å². The quantitative estimate of drug-likeness (QED) is 0.472. The topological polar surface area (TPSA) is 78.3 Å². The molecular formula is C10H22N2O2. The minimum absolute atomic E-state index is 0.0104. The summed E-state index contributed by atoms with van der Waals surface area (Å²) in [4.78, 5) is 11.3. The van der Waals surface area contributed by atoms with E-state index >= 15 is 0 Å². The van der Waals surface area contributed by atoms with Crippen LogP contribution in [-0.4, -0.2) is 24.7 Å². The summed E-state index contributed by atoms with van der Waals surface area (Å²) >= 11 is 0. The first-order valence-corrected chi connectivity index (χ1v) is 5.29. The van der Waals surface area contributed by atoms with Crippen molar-refractivity contribution in [1.82, 2.24) is 0 Å². The van der Waals surface area contributed by atoms with Gasteiger partial charge in [0, 0.05) is 6.04 Å². The fourth-order valence-corrected chi connectivity index (χ4v) is 1.01. The normalized spacial score (nSPS) is 14.9. The Morgan fingerprint density at radius 3 is 2.50 bits per heavy atom. The highest BCUT2D eigenvalue weighted by atomic mass is 16.5. The van der Waals surface area contributed by atoms with E-state index in [4.69, 9.17) is 16.2 Å². The molecule has 0 fully saturated rings. The summed E-state index contributed by atoms with van der Waals surface area (Å²) in [6.07, 6.45) is 3.23. The zero-order valence-electron chi connectivity index (χ0n) is 9.16. The van der Waals surface area contributed by atoms with E-state index in [0.29, 0.717) is 13.0 Å². The summed E-state index contributed by atoms with van der Waals surface area (Å²) in [7, 11) is 0.